The van der Waals surface area contributed by atoms with Gasteiger partial charge in [-0.15, -0.1) is 0 Å². The van der Waals surface area contributed by atoms with Gasteiger partial charge >= 0.3 is 0 Å². The van der Waals surface area contributed by atoms with Crippen molar-refractivity contribution in [2.75, 3.05) is 24.3 Å². The summed E-state index contributed by atoms with van der Waals surface area (Å²) >= 11 is 0. The van der Waals surface area contributed by atoms with Crippen LogP contribution in [-0.4, -0.2) is 33.5 Å². The number of para-hydroxylation sites is 1. The molecule has 0 atom stereocenters. The molecule has 0 bridgehead atoms. The van der Waals surface area contributed by atoms with E-state index in [1.807, 2.05) is 30.3 Å². The lowest BCUT2D eigenvalue weighted by molar-refractivity contribution is -0.115. The molecule has 34 heavy (non-hydrogen) atoms. The summed E-state index contributed by atoms with van der Waals surface area (Å²) in [7, 11) is -1.09. The van der Waals surface area contributed by atoms with Crippen LogP contribution in [0.25, 0.3) is 10.9 Å². The molecule has 9 heteroatoms. The number of fused-ring (bicyclic) bond motifs is 1. The van der Waals surface area contributed by atoms with Gasteiger partial charge in [0.1, 0.15) is 16.4 Å². The van der Waals surface area contributed by atoms with E-state index in [2.05, 4.69) is 15.0 Å². The minimum absolute atomic E-state index is 0.0898. The summed E-state index contributed by atoms with van der Waals surface area (Å²) in [5, 5.41) is 3.71. The number of amides is 1. The van der Waals surface area contributed by atoms with E-state index in [-0.39, 0.29) is 23.0 Å². The molecule has 4 rings (SSSR count). The Morgan fingerprint density at radius 3 is 2.38 bits per heavy atom. The number of rotatable bonds is 8. The lowest BCUT2D eigenvalue weighted by Crippen LogP contribution is -2.17. The fourth-order valence-electron chi connectivity index (χ4n) is 3.52. The van der Waals surface area contributed by atoms with Crippen LogP contribution in [0.1, 0.15) is 5.56 Å². The van der Waals surface area contributed by atoms with E-state index >= 15 is 0 Å². The average molecular weight is 478 g/mol. The second-order valence-corrected chi connectivity index (χ2v) is 9.07. The van der Waals surface area contributed by atoms with Gasteiger partial charge < -0.3 is 14.8 Å². The molecule has 0 aliphatic heterocycles. The van der Waals surface area contributed by atoms with Gasteiger partial charge in [-0.1, -0.05) is 24.3 Å². The molecular weight excluding hydrogens is 454 g/mol. The average Bonchev–Trinajstić information content (AvgIpc) is 2.84. The van der Waals surface area contributed by atoms with Gasteiger partial charge in [0.2, 0.25) is 5.91 Å². The van der Waals surface area contributed by atoms with Crippen molar-refractivity contribution in [2.24, 2.45) is 0 Å². The molecule has 1 amide bonds. The number of hydrogen-bond acceptors (Lipinski definition) is 6. The molecule has 1 aromatic heterocycles. The van der Waals surface area contributed by atoms with Crippen LogP contribution in [0, 0.1) is 0 Å². The van der Waals surface area contributed by atoms with Crippen molar-refractivity contribution in [2.45, 2.75) is 11.3 Å². The molecule has 1 heterocycles. The number of hydrogen-bond donors (Lipinski definition) is 2. The topological polar surface area (TPSA) is 107 Å². The predicted octanol–water partition coefficient (Wildman–Crippen LogP) is 4.23. The summed E-state index contributed by atoms with van der Waals surface area (Å²) in [5.41, 5.74) is 2.22. The first kappa shape index (κ1) is 23.1. The maximum atomic E-state index is 13.1. The zero-order valence-corrected chi connectivity index (χ0v) is 19.4. The van der Waals surface area contributed by atoms with Crippen LogP contribution < -0.4 is 19.5 Å². The summed E-state index contributed by atoms with van der Waals surface area (Å²) < 4.78 is 39.0. The molecule has 4 aromatic rings. The number of aromatic nitrogens is 1. The van der Waals surface area contributed by atoms with E-state index in [1.165, 1.54) is 26.4 Å². The van der Waals surface area contributed by atoms with Crippen LogP contribution in [0.15, 0.2) is 83.9 Å². The normalized spacial score (nSPS) is 11.1. The number of ether oxygens (including phenoxy) is 2. The van der Waals surface area contributed by atoms with Crippen LogP contribution >= 0.6 is 0 Å². The molecule has 0 radical (unpaired) electrons. The highest BCUT2D eigenvalue weighted by molar-refractivity contribution is 7.92. The Morgan fingerprint density at radius 2 is 1.65 bits per heavy atom. The standard InChI is InChI=1S/C25H23N3O5S/c1-32-21-11-8-19(9-12-21)28-34(30,31)23-16-20(10-13-22(23)33-2)27-24(29)15-18-6-3-5-17-7-4-14-26-25(17)18/h3-14,16,28H,15H2,1-2H3,(H,27,29). The highest BCUT2D eigenvalue weighted by Gasteiger charge is 2.21. The second-order valence-electron chi connectivity index (χ2n) is 7.42. The van der Waals surface area contributed by atoms with Crippen molar-refractivity contribution in [3.05, 3.63) is 84.6 Å². The minimum atomic E-state index is -4.00. The number of nitrogens with one attached hydrogen (secondary N) is 2. The Bertz CT molecular complexity index is 1430. The maximum absolute atomic E-state index is 13.1. The molecule has 2 N–H and O–H groups in total. The third kappa shape index (κ3) is 5.10. The number of methoxy groups -OCH3 is 2. The first-order valence-electron chi connectivity index (χ1n) is 10.4. The number of carbonyl (C=O) groups is 1. The van der Waals surface area contributed by atoms with Gasteiger partial charge in [-0.3, -0.25) is 14.5 Å². The number of sulfonamides is 1. The van der Waals surface area contributed by atoms with Crippen molar-refractivity contribution >= 4 is 38.2 Å². The number of nitrogens with zero attached hydrogens (tertiary/aromatic N) is 1. The van der Waals surface area contributed by atoms with E-state index in [0.717, 1.165) is 16.5 Å². The Labute approximate surface area is 197 Å². The fraction of sp³-hybridized carbons (Fsp3) is 0.120. The highest BCUT2D eigenvalue weighted by atomic mass is 32.2. The lowest BCUT2D eigenvalue weighted by atomic mass is 10.1. The Hall–Kier alpha value is -4.11. The van der Waals surface area contributed by atoms with Crippen molar-refractivity contribution in [3.8, 4) is 11.5 Å². The molecule has 0 fully saturated rings. The molecule has 0 saturated heterocycles. The maximum Gasteiger partial charge on any atom is 0.265 e. The number of anilines is 2. The zero-order chi connectivity index (χ0) is 24.1. The van der Waals surface area contributed by atoms with Crippen molar-refractivity contribution in [1.82, 2.24) is 4.98 Å². The Morgan fingerprint density at radius 1 is 0.912 bits per heavy atom. The van der Waals surface area contributed by atoms with E-state index in [0.29, 0.717) is 17.1 Å². The number of benzene rings is 3. The summed E-state index contributed by atoms with van der Waals surface area (Å²) in [4.78, 5) is 17.0. The quantitative estimate of drug-likeness (QED) is 0.393. The molecule has 0 aliphatic carbocycles. The third-order valence-corrected chi connectivity index (χ3v) is 6.55. The molecule has 0 unspecified atom stereocenters. The highest BCUT2D eigenvalue weighted by Crippen LogP contribution is 2.29. The second kappa shape index (κ2) is 9.80. The summed E-state index contributed by atoms with van der Waals surface area (Å²) in [6.07, 6.45) is 1.77. The largest absolute Gasteiger partial charge is 0.497 e. The van der Waals surface area contributed by atoms with Crippen LogP contribution in [0.4, 0.5) is 11.4 Å². The first-order chi connectivity index (χ1) is 16.4. The van der Waals surface area contributed by atoms with Crippen molar-refractivity contribution < 1.29 is 22.7 Å². The summed E-state index contributed by atoms with van der Waals surface area (Å²) in [5.74, 6) is 0.457. The molecule has 8 nitrogen and oxygen atoms in total. The van der Waals surface area contributed by atoms with E-state index in [4.69, 9.17) is 9.47 Å². The molecule has 3 aromatic carbocycles. The number of carbonyl (C=O) groups excluding carboxylic acids is 1. The van der Waals surface area contributed by atoms with Gasteiger partial charge in [-0.25, -0.2) is 8.42 Å². The monoisotopic (exact) mass is 477 g/mol. The molecule has 0 aliphatic rings. The van der Waals surface area contributed by atoms with Gasteiger partial charge in [-0.05, 0) is 54.1 Å². The SMILES string of the molecule is COc1ccc(NS(=O)(=O)c2cc(NC(=O)Cc3cccc4cccnc34)ccc2OC)cc1. The summed E-state index contributed by atoms with van der Waals surface area (Å²) in [6, 6.07) is 20.3. The first-order valence-corrected chi connectivity index (χ1v) is 11.9. The van der Waals surface area contributed by atoms with Gasteiger partial charge in [0, 0.05) is 23.0 Å². The molecule has 0 spiro atoms. The predicted molar refractivity (Wildman–Crippen MR) is 131 cm³/mol. The lowest BCUT2D eigenvalue weighted by Gasteiger charge is -2.14. The third-order valence-electron chi connectivity index (χ3n) is 5.15. The van der Waals surface area contributed by atoms with Gasteiger partial charge in [-0.2, -0.15) is 0 Å². The van der Waals surface area contributed by atoms with Gasteiger partial charge in [0.15, 0.2) is 0 Å². The van der Waals surface area contributed by atoms with Crippen molar-refractivity contribution in [1.29, 1.82) is 0 Å². The molecule has 0 saturated carbocycles. The van der Waals surface area contributed by atoms with Crippen LogP contribution in [0.3, 0.4) is 0 Å². The summed E-state index contributed by atoms with van der Waals surface area (Å²) in [6.45, 7) is 0. The minimum Gasteiger partial charge on any atom is -0.497 e. The Kier molecular flexibility index (Phi) is 6.65. The van der Waals surface area contributed by atoms with Crippen molar-refractivity contribution in [3.63, 3.8) is 0 Å². The fourth-order valence-corrected chi connectivity index (χ4v) is 4.78. The smallest absolute Gasteiger partial charge is 0.265 e. The Balaban J connectivity index is 1.56. The molecule has 174 valence electrons. The van der Waals surface area contributed by atoms with Gasteiger partial charge in [0.05, 0.1) is 26.2 Å². The van der Waals surface area contributed by atoms with E-state index < -0.39 is 10.0 Å². The van der Waals surface area contributed by atoms with Gasteiger partial charge in [0.25, 0.3) is 10.0 Å². The zero-order valence-electron chi connectivity index (χ0n) is 18.6. The van der Waals surface area contributed by atoms with E-state index in [9.17, 15) is 13.2 Å². The van der Waals surface area contributed by atoms with Crippen LogP contribution in [0.5, 0.6) is 11.5 Å². The van der Waals surface area contributed by atoms with Crippen LogP contribution in [-0.2, 0) is 21.2 Å². The molecular formula is C25H23N3O5S. The van der Waals surface area contributed by atoms with Crippen LogP contribution in [0.2, 0.25) is 0 Å². The number of pyridine rings is 1. The van der Waals surface area contributed by atoms with E-state index in [1.54, 1.807) is 36.5 Å².